The second-order valence-electron chi connectivity index (χ2n) is 6.58. The molecule has 0 atom stereocenters. The first-order chi connectivity index (χ1) is 12.6. The van der Waals surface area contributed by atoms with E-state index in [2.05, 4.69) is 29.1 Å². The molecule has 2 heterocycles. The topological polar surface area (TPSA) is 36.4 Å². The van der Waals surface area contributed by atoms with Crippen LogP contribution in [0, 0.1) is 6.92 Å². The normalized spacial score (nSPS) is 14.1. The maximum atomic E-state index is 13.2. The molecule has 0 bridgehead atoms. The molecule has 1 aliphatic heterocycles. The molecule has 1 aliphatic rings. The molecule has 0 aliphatic carbocycles. The number of benzene rings is 2. The van der Waals surface area contributed by atoms with Crippen LogP contribution in [0.3, 0.4) is 0 Å². The summed E-state index contributed by atoms with van der Waals surface area (Å²) in [5, 5.41) is 0.902. The first-order valence-electron chi connectivity index (χ1n) is 8.74. The lowest BCUT2D eigenvalue weighted by atomic mass is 10.1. The van der Waals surface area contributed by atoms with Gasteiger partial charge in [-0.1, -0.05) is 48.5 Å². The van der Waals surface area contributed by atoms with Gasteiger partial charge in [-0.15, -0.1) is 11.3 Å². The lowest BCUT2D eigenvalue weighted by molar-refractivity contribution is 0.0755. The first kappa shape index (κ1) is 16.8. The number of likely N-dealkylation sites (N-methyl/N-ethyl adjacent to an activating group) is 1. The fourth-order valence-electron chi connectivity index (χ4n) is 3.31. The number of para-hydroxylation sites is 1. The van der Waals surface area contributed by atoms with Crippen LogP contribution in [0.15, 0.2) is 54.6 Å². The van der Waals surface area contributed by atoms with E-state index in [-0.39, 0.29) is 5.91 Å². The number of aryl methyl sites for hydroxylation is 1. The van der Waals surface area contributed by atoms with Crippen LogP contribution in [0.2, 0.25) is 0 Å². The molecule has 0 N–H and O–H groups in total. The van der Waals surface area contributed by atoms with Crippen LogP contribution in [0.4, 0.5) is 5.69 Å². The summed E-state index contributed by atoms with van der Waals surface area (Å²) in [4.78, 5) is 22.8. The Morgan fingerprint density at radius 1 is 1.04 bits per heavy atom. The predicted molar refractivity (Wildman–Crippen MR) is 107 cm³/mol. The van der Waals surface area contributed by atoms with E-state index < -0.39 is 0 Å². The smallest absolute Gasteiger partial charge is 0.266 e. The van der Waals surface area contributed by atoms with E-state index in [0.717, 1.165) is 27.7 Å². The van der Waals surface area contributed by atoms with Gasteiger partial charge >= 0.3 is 0 Å². The minimum absolute atomic E-state index is 0.0762. The number of amides is 1. The molecule has 0 saturated heterocycles. The molecule has 2 aromatic carbocycles. The molecule has 0 unspecified atom stereocenters. The second kappa shape index (κ2) is 6.92. The van der Waals surface area contributed by atoms with Gasteiger partial charge in [0.05, 0.1) is 5.69 Å². The van der Waals surface area contributed by atoms with Gasteiger partial charge in [0.2, 0.25) is 0 Å². The number of nitrogens with zero attached hydrogens (tertiary/aromatic N) is 3. The van der Waals surface area contributed by atoms with E-state index in [0.29, 0.717) is 13.1 Å². The number of fused-ring (bicyclic) bond motifs is 1. The van der Waals surface area contributed by atoms with E-state index in [1.54, 1.807) is 0 Å². The lowest BCUT2D eigenvalue weighted by Gasteiger charge is -2.20. The Labute approximate surface area is 157 Å². The highest BCUT2D eigenvalue weighted by Gasteiger charge is 2.25. The molecule has 1 aromatic heterocycles. The number of hydrogen-bond donors (Lipinski definition) is 0. The lowest BCUT2D eigenvalue weighted by Crippen LogP contribution is -2.34. The third-order valence-electron chi connectivity index (χ3n) is 4.77. The molecule has 4 nitrogen and oxygen atoms in total. The summed E-state index contributed by atoms with van der Waals surface area (Å²) in [6, 6.07) is 18.3. The first-order valence-corrected chi connectivity index (χ1v) is 9.56. The zero-order valence-corrected chi connectivity index (χ0v) is 15.8. The number of thiazole rings is 1. The van der Waals surface area contributed by atoms with Crippen LogP contribution in [-0.4, -0.2) is 35.9 Å². The van der Waals surface area contributed by atoms with Crippen molar-refractivity contribution in [2.24, 2.45) is 0 Å². The Kier molecular flexibility index (Phi) is 4.47. The second-order valence-corrected chi connectivity index (χ2v) is 7.58. The minimum Gasteiger partial charge on any atom is -0.373 e. The van der Waals surface area contributed by atoms with Crippen molar-refractivity contribution in [2.45, 2.75) is 13.5 Å². The summed E-state index contributed by atoms with van der Waals surface area (Å²) < 4.78 is 0. The van der Waals surface area contributed by atoms with Crippen molar-refractivity contribution in [3.05, 3.63) is 70.7 Å². The molecule has 0 radical (unpaired) electrons. The highest BCUT2D eigenvalue weighted by molar-refractivity contribution is 7.17. The summed E-state index contributed by atoms with van der Waals surface area (Å²) in [5.41, 5.74) is 4.26. The maximum absolute atomic E-state index is 13.2. The van der Waals surface area contributed by atoms with Gasteiger partial charge in [-0.2, -0.15) is 0 Å². The van der Waals surface area contributed by atoms with Crippen LogP contribution in [0.25, 0.3) is 10.6 Å². The fourth-order valence-corrected chi connectivity index (χ4v) is 4.35. The van der Waals surface area contributed by atoms with Gasteiger partial charge in [-0.05, 0) is 18.6 Å². The summed E-state index contributed by atoms with van der Waals surface area (Å²) in [6.07, 6.45) is 0. The summed E-state index contributed by atoms with van der Waals surface area (Å²) in [7, 11) is 2.08. The van der Waals surface area contributed by atoms with E-state index in [9.17, 15) is 4.79 Å². The van der Waals surface area contributed by atoms with Gasteiger partial charge in [-0.25, -0.2) is 4.98 Å². The van der Waals surface area contributed by atoms with Gasteiger partial charge < -0.3 is 9.80 Å². The van der Waals surface area contributed by atoms with Crippen molar-refractivity contribution in [1.29, 1.82) is 0 Å². The van der Waals surface area contributed by atoms with Gasteiger partial charge in [0.1, 0.15) is 9.88 Å². The molecule has 5 heteroatoms. The van der Waals surface area contributed by atoms with E-state index >= 15 is 0 Å². The van der Waals surface area contributed by atoms with Gasteiger partial charge in [0.25, 0.3) is 5.91 Å². The summed E-state index contributed by atoms with van der Waals surface area (Å²) in [6.45, 7) is 4.10. The number of rotatable bonds is 2. The Hall–Kier alpha value is -2.66. The largest absolute Gasteiger partial charge is 0.373 e. The third kappa shape index (κ3) is 3.10. The van der Waals surface area contributed by atoms with E-state index in [4.69, 9.17) is 0 Å². The van der Waals surface area contributed by atoms with Crippen LogP contribution < -0.4 is 4.90 Å². The average molecular weight is 363 g/mol. The number of aromatic nitrogens is 1. The average Bonchev–Trinajstić information content (AvgIpc) is 2.98. The van der Waals surface area contributed by atoms with Crippen LogP contribution in [0.5, 0.6) is 0 Å². The van der Waals surface area contributed by atoms with Crippen molar-refractivity contribution in [2.75, 3.05) is 25.0 Å². The number of hydrogen-bond acceptors (Lipinski definition) is 4. The van der Waals surface area contributed by atoms with Gasteiger partial charge in [-0.3, -0.25) is 4.79 Å². The van der Waals surface area contributed by atoms with Crippen molar-refractivity contribution < 1.29 is 4.79 Å². The summed E-state index contributed by atoms with van der Waals surface area (Å²) in [5.74, 6) is 0.0762. The Bertz CT molecular complexity index is 935. The highest BCUT2D eigenvalue weighted by atomic mass is 32.1. The third-order valence-corrected chi connectivity index (χ3v) is 5.96. The Morgan fingerprint density at radius 3 is 2.58 bits per heavy atom. The maximum Gasteiger partial charge on any atom is 0.266 e. The minimum atomic E-state index is 0.0762. The van der Waals surface area contributed by atoms with Gasteiger partial charge in [0, 0.05) is 37.9 Å². The Morgan fingerprint density at radius 2 is 1.77 bits per heavy atom. The van der Waals surface area contributed by atoms with Crippen LogP contribution in [-0.2, 0) is 6.54 Å². The zero-order valence-electron chi connectivity index (χ0n) is 15.0. The van der Waals surface area contributed by atoms with Crippen molar-refractivity contribution in [3.8, 4) is 10.6 Å². The molecule has 4 rings (SSSR count). The number of carbonyl (C=O) groups is 1. The molecule has 0 spiro atoms. The fraction of sp³-hybridized carbons (Fsp3) is 0.238. The summed E-state index contributed by atoms with van der Waals surface area (Å²) >= 11 is 1.49. The monoisotopic (exact) mass is 363 g/mol. The molecule has 0 fully saturated rings. The molecule has 3 aromatic rings. The molecular weight excluding hydrogens is 342 g/mol. The van der Waals surface area contributed by atoms with E-state index in [1.165, 1.54) is 22.6 Å². The molecule has 0 saturated carbocycles. The van der Waals surface area contributed by atoms with Crippen molar-refractivity contribution in [3.63, 3.8) is 0 Å². The van der Waals surface area contributed by atoms with Gasteiger partial charge in [0.15, 0.2) is 0 Å². The van der Waals surface area contributed by atoms with Crippen LogP contribution in [0.1, 0.15) is 20.9 Å². The molecular formula is C21H21N3OS. The van der Waals surface area contributed by atoms with E-state index in [1.807, 2.05) is 54.3 Å². The SMILES string of the molecule is Cc1nc(-c2ccccc2)sc1C(=O)N1CCN(C)c2ccccc2C1. The highest BCUT2D eigenvalue weighted by Crippen LogP contribution is 2.30. The molecule has 26 heavy (non-hydrogen) atoms. The quantitative estimate of drug-likeness (QED) is 0.684. The zero-order chi connectivity index (χ0) is 18.1. The predicted octanol–water partition coefficient (Wildman–Crippen LogP) is 4.21. The molecule has 132 valence electrons. The van der Waals surface area contributed by atoms with Crippen molar-refractivity contribution in [1.82, 2.24) is 9.88 Å². The van der Waals surface area contributed by atoms with Crippen LogP contribution >= 0.6 is 11.3 Å². The van der Waals surface area contributed by atoms with Crippen molar-refractivity contribution >= 4 is 22.9 Å². The number of anilines is 1. The standard InChI is InChI=1S/C21H21N3OS/c1-15-19(26-20(22-15)16-8-4-3-5-9-16)21(25)24-13-12-23(2)18-11-7-6-10-17(18)14-24/h3-11H,12-14H2,1-2H3. The molecule has 1 amide bonds. The Balaban J connectivity index is 1.63. The number of carbonyl (C=O) groups excluding carboxylic acids is 1.